The third-order valence-electron chi connectivity index (χ3n) is 3.40. The summed E-state index contributed by atoms with van der Waals surface area (Å²) < 4.78 is 35.6. The molecule has 8 heteroatoms. The number of carboxylic acid groups (broad SMARTS) is 1. The van der Waals surface area contributed by atoms with Gasteiger partial charge in [0.15, 0.2) is 11.5 Å². The van der Waals surface area contributed by atoms with E-state index < -0.39 is 30.8 Å². The topological polar surface area (TPSA) is 84.9 Å². The molecule has 0 heterocycles. The van der Waals surface area contributed by atoms with E-state index in [2.05, 4.69) is 19.2 Å². The molecule has 0 aliphatic rings. The predicted molar refractivity (Wildman–Crippen MR) is 87.5 cm³/mol. The van der Waals surface area contributed by atoms with Gasteiger partial charge in [-0.25, -0.2) is 13.6 Å². The third kappa shape index (κ3) is 6.94. The molecule has 1 atom stereocenters. The molecule has 0 aliphatic carbocycles. The molecular formula is C17H23F2NO5. The van der Waals surface area contributed by atoms with Crippen LogP contribution in [0.3, 0.4) is 0 Å². The highest BCUT2D eigenvalue weighted by Gasteiger charge is 2.25. The van der Waals surface area contributed by atoms with Gasteiger partial charge in [-0.2, -0.15) is 0 Å². The van der Waals surface area contributed by atoms with E-state index in [4.69, 9.17) is 14.6 Å². The number of hydrogen-bond acceptors (Lipinski definition) is 4. The number of carbonyl (C=O) groups is 2. The number of benzene rings is 1. The SMILES string of the molecule is COc1cc(C(=O)NC(CC(F)F)C(=O)O)ccc1OCCC(C)C. The molecule has 6 nitrogen and oxygen atoms in total. The van der Waals surface area contributed by atoms with Gasteiger partial charge in [0.2, 0.25) is 6.43 Å². The highest BCUT2D eigenvalue weighted by molar-refractivity contribution is 5.97. The zero-order valence-electron chi connectivity index (χ0n) is 14.4. The van der Waals surface area contributed by atoms with Crippen molar-refractivity contribution < 1.29 is 33.0 Å². The quantitative estimate of drug-likeness (QED) is 0.671. The van der Waals surface area contributed by atoms with Crippen LogP contribution in [-0.2, 0) is 4.79 Å². The Bertz CT molecular complexity index is 592. The van der Waals surface area contributed by atoms with E-state index in [0.29, 0.717) is 24.0 Å². The van der Waals surface area contributed by atoms with E-state index in [1.807, 2.05) is 0 Å². The van der Waals surface area contributed by atoms with Crippen molar-refractivity contribution in [2.75, 3.05) is 13.7 Å². The van der Waals surface area contributed by atoms with Gasteiger partial charge in [-0.15, -0.1) is 0 Å². The summed E-state index contributed by atoms with van der Waals surface area (Å²) in [6.07, 6.45) is -2.96. The molecule has 0 saturated carbocycles. The van der Waals surface area contributed by atoms with Crippen LogP contribution in [0.2, 0.25) is 0 Å². The second kappa shape index (κ2) is 9.80. The van der Waals surface area contributed by atoms with E-state index in [1.54, 1.807) is 0 Å². The fraction of sp³-hybridized carbons (Fsp3) is 0.529. The average molecular weight is 359 g/mol. The molecule has 25 heavy (non-hydrogen) atoms. The van der Waals surface area contributed by atoms with E-state index in [9.17, 15) is 18.4 Å². The van der Waals surface area contributed by atoms with Gasteiger partial charge in [0.25, 0.3) is 5.91 Å². The highest BCUT2D eigenvalue weighted by atomic mass is 19.3. The van der Waals surface area contributed by atoms with Crippen molar-refractivity contribution in [1.29, 1.82) is 0 Å². The minimum atomic E-state index is -2.84. The molecule has 1 rings (SSSR count). The lowest BCUT2D eigenvalue weighted by molar-refractivity contribution is -0.140. The number of alkyl halides is 2. The lowest BCUT2D eigenvalue weighted by Crippen LogP contribution is -2.42. The number of aliphatic carboxylic acids is 1. The summed E-state index contributed by atoms with van der Waals surface area (Å²) in [6, 6.07) is 2.66. The van der Waals surface area contributed by atoms with Crippen molar-refractivity contribution in [1.82, 2.24) is 5.32 Å². The number of halogens is 2. The molecule has 0 saturated heterocycles. The molecule has 1 aromatic carbocycles. The van der Waals surface area contributed by atoms with Crippen molar-refractivity contribution in [3.8, 4) is 11.5 Å². The van der Waals surface area contributed by atoms with Crippen LogP contribution < -0.4 is 14.8 Å². The van der Waals surface area contributed by atoms with Crippen molar-refractivity contribution in [2.24, 2.45) is 5.92 Å². The van der Waals surface area contributed by atoms with Crippen LogP contribution in [-0.4, -0.2) is 43.2 Å². The molecule has 0 radical (unpaired) electrons. The van der Waals surface area contributed by atoms with Crippen molar-refractivity contribution in [2.45, 2.75) is 39.2 Å². The number of carboxylic acids is 1. The molecule has 1 amide bonds. The normalized spacial score (nSPS) is 12.1. The Morgan fingerprint density at radius 1 is 1.24 bits per heavy atom. The second-order valence-corrected chi connectivity index (χ2v) is 5.89. The number of methoxy groups -OCH3 is 1. The van der Waals surface area contributed by atoms with E-state index in [-0.39, 0.29) is 5.56 Å². The van der Waals surface area contributed by atoms with Crippen molar-refractivity contribution in [3.05, 3.63) is 23.8 Å². The van der Waals surface area contributed by atoms with E-state index in [1.165, 1.54) is 25.3 Å². The smallest absolute Gasteiger partial charge is 0.326 e. The Kier molecular flexibility index (Phi) is 8.10. The first-order chi connectivity index (χ1) is 11.7. The van der Waals surface area contributed by atoms with Crippen LogP contribution >= 0.6 is 0 Å². The second-order valence-electron chi connectivity index (χ2n) is 5.89. The number of carbonyl (C=O) groups excluding carboxylic acids is 1. The zero-order valence-corrected chi connectivity index (χ0v) is 14.4. The van der Waals surface area contributed by atoms with E-state index >= 15 is 0 Å². The van der Waals surface area contributed by atoms with Gasteiger partial charge in [-0.05, 0) is 30.5 Å². The Morgan fingerprint density at radius 3 is 2.44 bits per heavy atom. The first-order valence-corrected chi connectivity index (χ1v) is 7.87. The fourth-order valence-corrected chi connectivity index (χ4v) is 1.97. The molecule has 1 aromatic rings. The first-order valence-electron chi connectivity index (χ1n) is 7.87. The maximum absolute atomic E-state index is 12.4. The molecule has 140 valence electrons. The molecule has 0 spiro atoms. The van der Waals surface area contributed by atoms with Crippen LogP contribution in [0.4, 0.5) is 8.78 Å². The number of nitrogens with one attached hydrogen (secondary N) is 1. The van der Waals surface area contributed by atoms with Gasteiger partial charge < -0.3 is 19.9 Å². The number of amides is 1. The molecule has 2 N–H and O–H groups in total. The molecule has 0 aromatic heterocycles. The van der Waals surface area contributed by atoms with Crippen LogP contribution in [0.1, 0.15) is 37.0 Å². The van der Waals surface area contributed by atoms with Crippen LogP contribution in [0.25, 0.3) is 0 Å². The minimum Gasteiger partial charge on any atom is -0.493 e. The molecule has 1 unspecified atom stereocenters. The van der Waals surface area contributed by atoms with Crippen LogP contribution in [0, 0.1) is 5.92 Å². The van der Waals surface area contributed by atoms with Crippen molar-refractivity contribution in [3.63, 3.8) is 0 Å². The van der Waals surface area contributed by atoms with Gasteiger partial charge >= 0.3 is 5.97 Å². The number of rotatable bonds is 10. The molecule has 0 bridgehead atoms. The summed E-state index contributed by atoms with van der Waals surface area (Å²) in [5.74, 6) is -1.08. The Hall–Kier alpha value is -2.38. The average Bonchev–Trinajstić information content (AvgIpc) is 2.53. The summed E-state index contributed by atoms with van der Waals surface area (Å²) in [7, 11) is 1.41. The first kappa shape index (κ1) is 20.7. The summed E-state index contributed by atoms with van der Waals surface area (Å²) in [4.78, 5) is 23.1. The molecule has 0 fully saturated rings. The minimum absolute atomic E-state index is 0.0913. The van der Waals surface area contributed by atoms with Gasteiger partial charge in [0.1, 0.15) is 6.04 Å². The van der Waals surface area contributed by atoms with Gasteiger partial charge in [0, 0.05) is 12.0 Å². The Labute approximate surface area is 145 Å². The maximum Gasteiger partial charge on any atom is 0.326 e. The lowest BCUT2D eigenvalue weighted by atomic mass is 10.1. The van der Waals surface area contributed by atoms with Crippen LogP contribution in [0.15, 0.2) is 18.2 Å². The largest absolute Gasteiger partial charge is 0.493 e. The van der Waals surface area contributed by atoms with Gasteiger partial charge in [-0.1, -0.05) is 13.8 Å². The lowest BCUT2D eigenvalue weighted by Gasteiger charge is -2.16. The molecule has 0 aliphatic heterocycles. The summed E-state index contributed by atoms with van der Waals surface area (Å²) in [6.45, 7) is 4.60. The highest BCUT2D eigenvalue weighted by Crippen LogP contribution is 2.28. The van der Waals surface area contributed by atoms with E-state index in [0.717, 1.165) is 6.42 Å². The zero-order chi connectivity index (χ0) is 19.0. The summed E-state index contributed by atoms with van der Waals surface area (Å²) in [5, 5.41) is 11.0. The Morgan fingerprint density at radius 2 is 1.92 bits per heavy atom. The third-order valence-corrected chi connectivity index (χ3v) is 3.40. The van der Waals surface area contributed by atoms with Crippen LogP contribution in [0.5, 0.6) is 11.5 Å². The van der Waals surface area contributed by atoms with Crippen molar-refractivity contribution >= 4 is 11.9 Å². The molecular weight excluding hydrogens is 336 g/mol. The summed E-state index contributed by atoms with van der Waals surface area (Å²) >= 11 is 0. The fourth-order valence-electron chi connectivity index (χ4n) is 1.97. The predicted octanol–water partition coefficient (Wildman–Crippen LogP) is 2.96. The van der Waals surface area contributed by atoms with Gasteiger partial charge in [-0.3, -0.25) is 4.79 Å². The Balaban J connectivity index is 2.83. The summed E-state index contributed by atoms with van der Waals surface area (Å²) in [5.41, 5.74) is 0.0913. The monoisotopic (exact) mass is 359 g/mol. The van der Waals surface area contributed by atoms with Gasteiger partial charge in [0.05, 0.1) is 13.7 Å². The maximum atomic E-state index is 12.4. The standard InChI is InChI=1S/C17H23F2NO5/c1-10(2)6-7-25-13-5-4-11(8-14(13)24-3)16(21)20-12(17(22)23)9-15(18)19/h4-5,8,10,12,15H,6-7,9H2,1-3H3,(H,20,21)(H,22,23). The number of ether oxygens (including phenoxy) is 2. The number of hydrogen-bond donors (Lipinski definition) is 2.